The molecule has 2 amide bonds. The number of carbonyl (C=O) groups is 2. The molecule has 1 atom stereocenters. The maximum atomic E-state index is 11.9. The fraction of sp³-hybridized carbons (Fsp3) is 0.125. The smallest absolute Gasteiger partial charge is 0.327 e. The zero-order valence-corrected chi connectivity index (χ0v) is 11.2. The Morgan fingerprint density at radius 2 is 1.90 bits per heavy atom. The number of urea groups is 1. The predicted octanol–water partition coefficient (Wildman–Crippen LogP) is 2.44. The van der Waals surface area contributed by atoms with Crippen LogP contribution in [-0.2, 0) is 4.79 Å². The minimum Gasteiger partial charge on any atom is -0.480 e. The van der Waals surface area contributed by atoms with E-state index in [9.17, 15) is 9.59 Å². The van der Waals surface area contributed by atoms with E-state index >= 15 is 0 Å². The lowest BCUT2D eigenvalue weighted by Crippen LogP contribution is -2.42. The largest absolute Gasteiger partial charge is 0.480 e. The number of terminal acetylenes is 1. The van der Waals surface area contributed by atoms with Gasteiger partial charge in [0.1, 0.15) is 6.04 Å². The van der Waals surface area contributed by atoms with Crippen molar-refractivity contribution >= 4 is 28.5 Å². The summed E-state index contributed by atoms with van der Waals surface area (Å²) in [5.74, 6) is 1.06. The Morgan fingerprint density at radius 1 is 1.19 bits per heavy atom. The number of carboxylic acid groups (broad SMARTS) is 1. The van der Waals surface area contributed by atoms with Gasteiger partial charge in [0.2, 0.25) is 0 Å². The van der Waals surface area contributed by atoms with E-state index in [1.54, 1.807) is 6.07 Å². The number of fused-ring (bicyclic) bond motifs is 1. The molecule has 2 aromatic rings. The highest BCUT2D eigenvalue weighted by atomic mass is 16.4. The number of nitrogens with one attached hydrogen (secondary N) is 2. The highest BCUT2D eigenvalue weighted by molar-refractivity contribution is 6.02. The second-order valence-electron chi connectivity index (χ2n) is 4.42. The van der Waals surface area contributed by atoms with E-state index in [1.165, 1.54) is 0 Å². The summed E-state index contributed by atoms with van der Waals surface area (Å²) in [5, 5.41) is 15.8. The normalized spacial score (nSPS) is 11.4. The lowest BCUT2D eigenvalue weighted by atomic mass is 10.1. The molecule has 0 fully saturated rings. The molecule has 0 saturated carbocycles. The van der Waals surface area contributed by atoms with Crippen molar-refractivity contribution in [2.45, 2.75) is 12.5 Å². The lowest BCUT2D eigenvalue weighted by Gasteiger charge is -2.14. The molecule has 0 aliphatic heterocycles. The zero-order valence-electron chi connectivity index (χ0n) is 11.2. The number of carboxylic acids is 1. The highest BCUT2D eigenvalue weighted by Gasteiger charge is 2.18. The molecule has 0 aliphatic rings. The van der Waals surface area contributed by atoms with Gasteiger partial charge >= 0.3 is 12.0 Å². The first-order valence-electron chi connectivity index (χ1n) is 6.33. The van der Waals surface area contributed by atoms with Crippen molar-refractivity contribution < 1.29 is 14.7 Å². The Balaban J connectivity index is 2.15. The van der Waals surface area contributed by atoms with Crippen LogP contribution < -0.4 is 10.6 Å². The van der Waals surface area contributed by atoms with E-state index in [1.807, 2.05) is 36.4 Å². The number of hydrogen-bond acceptors (Lipinski definition) is 2. The first-order valence-corrected chi connectivity index (χ1v) is 6.33. The van der Waals surface area contributed by atoms with Crippen molar-refractivity contribution in [2.75, 3.05) is 5.32 Å². The van der Waals surface area contributed by atoms with Gasteiger partial charge in [-0.05, 0) is 11.5 Å². The van der Waals surface area contributed by atoms with Gasteiger partial charge in [0.15, 0.2) is 0 Å². The summed E-state index contributed by atoms with van der Waals surface area (Å²) >= 11 is 0. The molecule has 0 aromatic heterocycles. The molecule has 1 unspecified atom stereocenters. The number of anilines is 1. The zero-order chi connectivity index (χ0) is 15.2. The number of rotatable bonds is 4. The molecule has 2 rings (SSSR count). The van der Waals surface area contributed by atoms with Gasteiger partial charge in [-0.15, -0.1) is 12.3 Å². The van der Waals surface area contributed by atoms with Crippen LogP contribution >= 0.6 is 0 Å². The van der Waals surface area contributed by atoms with Gasteiger partial charge in [-0.3, -0.25) is 0 Å². The third-order valence-corrected chi connectivity index (χ3v) is 2.96. The average Bonchev–Trinajstić information content (AvgIpc) is 2.47. The molecule has 5 heteroatoms. The van der Waals surface area contributed by atoms with Crippen molar-refractivity contribution in [3.8, 4) is 12.3 Å². The number of amides is 2. The van der Waals surface area contributed by atoms with E-state index < -0.39 is 18.0 Å². The molecule has 0 aliphatic carbocycles. The van der Waals surface area contributed by atoms with E-state index in [0.717, 1.165) is 10.8 Å². The molecule has 21 heavy (non-hydrogen) atoms. The van der Waals surface area contributed by atoms with E-state index in [2.05, 4.69) is 16.6 Å². The summed E-state index contributed by atoms with van der Waals surface area (Å²) in [6.07, 6.45) is 5.01. The quantitative estimate of drug-likeness (QED) is 0.754. The van der Waals surface area contributed by atoms with Crippen LogP contribution in [0.5, 0.6) is 0 Å². The molecular formula is C16H14N2O3. The van der Waals surface area contributed by atoms with Crippen LogP contribution in [0.4, 0.5) is 10.5 Å². The average molecular weight is 282 g/mol. The fourth-order valence-electron chi connectivity index (χ4n) is 1.97. The van der Waals surface area contributed by atoms with Crippen molar-refractivity contribution in [3.63, 3.8) is 0 Å². The molecular weight excluding hydrogens is 268 g/mol. The van der Waals surface area contributed by atoms with Crippen LogP contribution in [0.25, 0.3) is 10.8 Å². The summed E-state index contributed by atoms with van der Waals surface area (Å²) in [6, 6.07) is 11.4. The number of aliphatic carboxylic acids is 1. The highest BCUT2D eigenvalue weighted by Crippen LogP contribution is 2.22. The van der Waals surface area contributed by atoms with E-state index in [-0.39, 0.29) is 6.42 Å². The van der Waals surface area contributed by atoms with Gasteiger partial charge < -0.3 is 15.7 Å². The SMILES string of the molecule is C#CCC(NC(=O)Nc1cccc2ccccc12)C(=O)O. The van der Waals surface area contributed by atoms with Crippen molar-refractivity contribution in [2.24, 2.45) is 0 Å². The molecule has 0 bridgehead atoms. The summed E-state index contributed by atoms with van der Waals surface area (Å²) in [4.78, 5) is 22.8. The van der Waals surface area contributed by atoms with Gasteiger partial charge in [0, 0.05) is 11.8 Å². The van der Waals surface area contributed by atoms with Gasteiger partial charge in [-0.2, -0.15) is 0 Å². The minimum absolute atomic E-state index is 0.0711. The Bertz CT molecular complexity index is 714. The number of hydrogen-bond donors (Lipinski definition) is 3. The molecule has 0 saturated heterocycles. The lowest BCUT2D eigenvalue weighted by molar-refractivity contribution is -0.139. The second kappa shape index (κ2) is 6.44. The Kier molecular flexibility index (Phi) is 4.42. The molecule has 3 N–H and O–H groups in total. The van der Waals surface area contributed by atoms with Crippen molar-refractivity contribution in [1.29, 1.82) is 0 Å². The van der Waals surface area contributed by atoms with Crippen LogP contribution in [0.15, 0.2) is 42.5 Å². The van der Waals surface area contributed by atoms with Crippen LogP contribution in [0.3, 0.4) is 0 Å². The molecule has 0 radical (unpaired) electrons. The van der Waals surface area contributed by atoms with Gasteiger partial charge in [-0.1, -0.05) is 36.4 Å². The maximum absolute atomic E-state index is 11.9. The van der Waals surface area contributed by atoms with Crippen LogP contribution in [0, 0.1) is 12.3 Å². The first-order chi connectivity index (χ1) is 10.1. The molecule has 0 heterocycles. The summed E-state index contributed by atoms with van der Waals surface area (Å²) in [5.41, 5.74) is 0.607. The molecule has 5 nitrogen and oxygen atoms in total. The second-order valence-corrected chi connectivity index (χ2v) is 4.42. The monoisotopic (exact) mass is 282 g/mol. The van der Waals surface area contributed by atoms with Crippen molar-refractivity contribution in [3.05, 3.63) is 42.5 Å². The minimum atomic E-state index is -1.17. The summed E-state index contributed by atoms with van der Waals surface area (Å²) in [6.45, 7) is 0. The van der Waals surface area contributed by atoms with Gasteiger partial charge in [0.05, 0.1) is 5.69 Å². The standard InChI is InChI=1S/C16H14N2O3/c1-2-6-14(15(19)20)18-16(21)17-13-10-5-8-11-7-3-4-9-12(11)13/h1,3-5,7-10,14H,6H2,(H,19,20)(H2,17,18,21). The van der Waals surface area contributed by atoms with E-state index in [4.69, 9.17) is 11.5 Å². The topological polar surface area (TPSA) is 78.4 Å². The Labute approximate surface area is 122 Å². The molecule has 0 spiro atoms. The van der Waals surface area contributed by atoms with Gasteiger partial charge in [0.25, 0.3) is 0 Å². The number of benzene rings is 2. The first kappa shape index (κ1) is 14.4. The molecule has 106 valence electrons. The summed E-state index contributed by atoms with van der Waals surface area (Å²) < 4.78 is 0. The van der Waals surface area contributed by atoms with Crippen molar-refractivity contribution in [1.82, 2.24) is 5.32 Å². The third kappa shape index (κ3) is 3.51. The maximum Gasteiger partial charge on any atom is 0.327 e. The van der Waals surface area contributed by atoms with Crippen LogP contribution in [0.2, 0.25) is 0 Å². The fourth-order valence-corrected chi connectivity index (χ4v) is 1.97. The summed E-state index contributed by atoms with van der Waals surface area (Å²) in [7, 11) is 0. The number of carbonyl (C=O) groups excluding carboxylic acids is 1. The van der Waals surface area contributed by atoms with Gasteiger partial charge in [-0.25, -0.2) is 9.59 Å². The Morgan fingerprint density at radius 3 is 2.62 bits per heavy atom. The van der Waals surface area contributed by atoms with Crippen LogP contribution in [0.1, 0.15) is 6.42 Å². The van der Waals surface area contributed by atoms with E-state index in [0.29, 0.717) is 5.69 Å². The molecule has 2 aromatic carbocycles. The predicted molar refractivity (Wildman–Crippen MR) is 81.0 cm³/mol. The third-order valence-electron chi connectivity index (χ3n) is 2.96. The van der Waals surface area contributed by atoms with Crippen LogP contribution in [-0.4, -0.2) is 23.1 Å². The Hall–Kier alpha value is -3.00.